The fourth-order valence-electron chi connectivity index (χ4n) is 3.85. The Balaban J connectivity index is 1.95. The Morgan fingerprint density at radius 2 is 1.97 bits per heavy atom. The van der Waals surface area contributed by atoms with Crippen LogP contribution < -0.4 is 10.1 Å². The Labute approximate surface area is 208 Å². The summed E-state index contributed by atoms with van der Waals surface area (Å²) in [6.45, 7) is 3.57. The minimum absolute atomic E-state index is 0.108. The molecule has 0 bridgehead atoms. The number of aliphatic hydroxyl groups excluding tert-OH is 3. The molecule has 2 heterocycles. The highest BCUT2D eigenvalue weighted by molar-refractivity contribution is 7.71. The SMILES string of the molecule is CCCCCn1c(COc2ccc(Cl)cc2)nn([C@@H]2O[C@H](CO)[C@@H](O)[C@H](O)[C@H]2NC(C)=O)c1=S. The van der Waals surface area contributed by atoms with Gasteiger partial charge in [-0.05, 0) is 42.9 Å². The Bertz CT molecular complexity index is 1010. The number of hydrogen-bond acceptors (Lipinski definition) is 8. The van der Waals surface area contributed by atoms with E-state index in [1.54, 1.807) is 24.3 Å². The average Bonchev–Trinajstić information content (AvgIpc) is 3.12. The summed E-state index contributed by atoms with van der Waals surface area (Å²) >= 11 is 11.6. The van der Waals surface area contributed by atoms with Gasteiger partial charge in [-0.15, -0.1) is 0 Å². The van der Waals surface area contributed by atoms with Crippen LogP contribution in [0.3, 0.4) is 0 Å². The zero-order valence-electron chi connectivity index (χ0n) is 19.1. The Hall–Kier alpha value is -2.02. The topological polar surface area (TPSA) is 131 Å². The summed E-state index contributed by atoms with van der Waals surface area (Å²) < 4.78 is 15.3. The molecular weight excluding hydrogens is 484 g/mol. The Morgan fingerprint density at radius 1 is 1.26 bits per heavy atom. The van der Waals surface area contributed by atoms with Crippen molar-refractivity contribution in [2.24, 2.45) is 0 Å². The molecular formula is C22H31ClN4O6S. The zero-order chi connectivity index (χ0) is 24.8. The van der Waals surface area contributed by atoms with Gasteiger partial charge in [0.2, 0.25) is 5.91 Å². The second-order valence-corrected chi connectivity index (χ2v) is 9.00. The van der Waals surface area contributed by atoms with Crippen LogP contribution in [0.5, 0.6) is 5.75 Å². The lowest BCUT2D eigenvalue weighted by atomic mass is 9.96. The molecule has 188 valence electrons. The van der Waals surface area contributed by atoms with Crippen molar-refractivity contribution in [1.82, 2.24) is 19.7 Å². The zero-order valence-corrected chi connectivity index (χ0v) is 20.7. The number of aliphatic hydroxyl groups is 3. The summed E-state index contributed by atoms with van der Waals surface area (Å²) in [5.74, 6) is 0.712. The van der Waals surface area contributed by atoms with Crippen LogP contribution in [0.15, 0.2) is 24.3 Å². The van der Waals surface area contributed by atoms with Gasteiger partial charge >= 0.3 is 0 Å². The highest BCUT2D eigenvalue weighted by atomic mass is 35.5. The molecule has 0 aliphatic carbocycles. The van der Waals surface area contributed by atoms with Crippen LogP contribution in [0.1, 0.15) is 45.2 Å². The maximum Gasteiger partial charge on any atom is 0.217 e. The Morgan fingerprint density at radius 3 is 2.59 bits per heavy atom. The number of halogens is 1. The van der Waals surface area contributed by atoms with Crippen molar-refractivity contribution in [2.45, 2.75) is 76.8 Å². The first-order chi connectivity index (χ1) is 16.3. The first-order valence-corrected chi connectivity index (χ1v) is 12.0. The van der Waals surface area contributed by atoms with Gasteiger partial charge < -0.3 is 34.7 Å². The summed E-state index contributed by atoms with van der Waals surface area (Å²) in [5, 5.41) is 38.4. The van der Waals surface area contributed by atoms with Crippen LogP contribution in [0, 0.1) is 4.77 Å². The van der Waals surface area contributed by atoms with E-state index in [0.717, 1.165) is 19.3 Å². The van der Waals surface area contributed by atoms with Crippen molar-refractivity contribution < 1.29 is 29.6 Å². The summed E-state index contributed by atoms with van der Waals surface area (Å²) in [7, 11) is 0. The highest BCUT2D eigenvalue weighted by Crippen LogP contribution is 2.29. The van der Waals surface area contributed by atoms with E-state index in [1.165, 1.54) is 11.6 Å². The van der Waals surface area contributed by atoms with E-state index in [9.17, 15) is 20.1 Å². The van der Waals surface area contributed by atoms with Gasteiger partial charge in [0.1, 0.15) is 36.7 Å². The van der Waals surface area contributed by atoms with Crippen LogP contribution in [0.2, 0.25) is 5.02 Å². The molecule has 1 aromatic carbocycles. The third-order valence-electron chi connectivity index (χ3n) is 5.64. The summed E-state index contributed by atoms with van der Waals surface area (Å²) in [4.78, 5) is 11.8. The molecule has 12 heteroatoms. The third-order valence-corrected chi connectivity index (χ3v) is 6.30. The molecule has 3 rings (SSSR count). The van der Waals surface area contributed by atoms with Crippen LogP contribution in [-0.4, -0.2) is 66.5 Å². The molecule has 0 unspecified atom stereocenters. The number of rotatable bonds is 10. The lowest BCUT2D eigenvalue weighted by molar-refractivity contribution is -0.219. The molecule has 1 aliphatic heterocycles. The highest BCUT2D eigenvalue weighted by Gasteiger charge is 2.46. The second kappa shape index (κ2) is 12.1. The lowest BCUT2D eigenvalue weighted by Crippen LogP contribution is -2.62. The fourth-order valence-corrected chi connectivity index (χ4v) is 4.32. The van der Waals surface area contributed by atoms with Crippen LogP contribution >= 0.6 is 23.8 Å². The van der Waals surface area contributed by atoms with E-state index in [2.05, 4.69) is 17.3 Å². The number of nitrogens with one attached hydrogen (secondary N) is 1. The van der Waals surface area contributed by atoms with Crippen LogP contribution in [-0.2, 0) is 22.7 Å². The number of hydrogen-bond donors (Lipinski definition) is 4. The fraction of sp³-hybridized carbons (Fsp3) is 0.591. The predicted molar refractivity (Wildman–Crippen MR) is 127 cm³/mol. The molecule has 10 nitrogen and oxygen atoms in total. The molecule has 1 amide bonds. The standard InChI is InChI=1S/C22H31ClN4O6S/c1-3-4-5-10-26-17(12-32-15-8-6-14(23)7-9-15)25-27(22(26)34)21-18(24-13(2)29)20(31)19(30)16(11-28)33-21/h6-9,16,18-21,28,30-31H,3-5,10-12H2,1-2H3,(H,24,29)/t16-,18-,19-,20-,21-/m1/s1. The maximum absolute atomic E-state index is 11.8. The van der Waals surface area contributed by atoms with Gasteiger partial charge in [-0.25, -0.2) is 4.68 Å². The van der Waals surface area contributed by atoms with E-state index in [0.29, 0.717) is 27.9 Å². The van der Waals surface area contributed by atoms with Gasteiger partial charge in [0.25, 0.3) is 0 Å². The number of nitrogens with zero attached hydrogens (tertiary/aromatic N) is 3. The quantitative estimate of drug-likeness (QED) is 0.279. The second-order valence-electron chi connectivity index (χ2n) is 8.20. The van der Waals surface area contributed by atoms with E-state index in [1.807, 2.05) is 4.57 Å². The molecule has 5 atom stereocenters. The van der Waals surface area contributed by atoms with E-state index in [-0.39, 0.29) is 6.61 Å². The first kappa shape index (κ1) is 26.6. The van der Waals surface area contributed by atoms with Crippen molar-refractivity contribution in [2.75, 3.05) is 6.61 Å². The Kier molecular flexibility index (Phi) is 9.46. The van der Waals surface area contributed by atoms with E-state index < -0.39 is 43.1 Å². The number of benzene rings is 1. The van der Waals surface area contributed by atoms with Crippen molar-refractivity contribution in [3.8, 4) is 5.75 Å². The van der Waals surface area contributed by atoms with Crippen molar-refractivity contribution in [3.05, 3.63) is 39.9 Å². The molecule has 1 aromatic heterocycles. The lowest BCUT2D eigenvalue weighted by Gasteiger charge is -2.42. The molecule has 1 saturated heterocycles. The minimum Gasteiger partial charge on any atom is -0.486 e. The van der Waals surface area contributed by atoms with Gasteiger partial charge in [0, 0.05) is 18.5 Å². The van der Waals surface area contributed by atoms with Gasteiger partial charge in [-0.1, -0.05) is 31.4 Å². The minimum atomic E-state index is -1.40. The maximum atomic E-state index is 11.8. The third kappa shape index (κ3) is 6.15. The number of carbonyl (C=O) groups is 1. The summed E-state index contributed by atoms with van der Waals surface area (Å²) in [6.07, 6.45) is -2.04. The first-order valence-electron chi connectivity index (χ1n) is 11.2. The van der Waals surface area contributed by atoms with E-state index >= 15 is 0 Å². The van der Waals surface area contributed by atoms with Crippen molar-refractivity contribution in [3.63, 3.8) is 0 Å². The van der Waals surface area contributed by atoms with Crippen molar-refractivity contribution in [1.29, 1.82) is 0 Å². The number of carbonyl (C=O) groups excluding carboxylic acids is 1. The van der Waals surface area contributed by atoms with Gasteiger partial charge in [-0.3, -0.25) is 4.79 Å². The van der Waals surface area contributed by atoms with Crippen LogP contribution in [0.4, 0.5) is 0 Å². The van der Waals surface area contributed by atoms with Gasteiger partial charge in [0.05, 0.1) is 6.61 Å². The molecule has 0 spiro atoms. The molecule has 34 heavy (non-hydrogen) atoms. The predicted octanol–water partition coefficient (Wildman–Crippen LogP) is 1.95. The smallest absolute Gasteiger partial charge is 0.217 e. The molecule has 0 radical (unpaired) electrons. The molecule has 1 fully saturated rings. The normalized spacial score (nSPS) is 24.7. The molecule has 2 aromatic rings. The summed E-state index contributed by atoms with van der Waals surface area (Å²) in [5.41, 5.74) is 0. The molecule has 1 aliphatic rings. The molecule has 4 N–H and O–H groups in total. The molecule has 0 saturated carbocycles. The average molecular weight is 515 g/mol. The van der Waals surface area contributed by atoms with Gasteiger partial charge in [-0.2, -0.15) is 5.10 Å². The number of amides is 1. The largest absolute Gasteiger partial charge is 0.486 e. The van der Waals surface area contributed by atoms with Crippen molar-refractivity contribution >= 4 is 29.7 Å². The number of ether oxygens (including phenoxy) is 2. The van der Waals surface area contributed by atoms with Gasteiger partial charge in [0.15, 0.2) is 16.8 Å². The monoisotopic (exact) mass is 514 g/mol. The van der Waals surface area contributed by atoms with Crippen LogP contribution in [0.25, 0.3) is 0 Å². The summed E-state index contributed by atoms with van der Waals surface area (Å²) in [6, 6.07) is 5.90. The van der Waals surface area contributed by atoms with E-state index in [4.69, 9.17) is 33.3 Å². The number of aromatic nitrogens is 3. The number of unbranched alkanes of at least 4 members (excludes halogenated alkanes) is 2.